The highest BCUT2D eigenvalue weighted by molar-refractivity contribution is 5.78. The third-order valence-corrected chi connectivity index (χ3v) is 3.12. The Morgan fingerprint density at radius 1 is 1.10 bits per heavy atom. The minimum absolute atomic E-state index is 0.0179. The number of nitrogens with one attached hydrogen (secondary N) is 2. The summed E-state index contributed by atoms with van der Waals surface area (Å²) < 4.78 is 5.42. The number of aryl methyl sites for hydroxylation is 2. The zero-order chi connectivity index (χ0) is 15.8. The predicted molar refractivity (Wildman–Crippen MR) is 82.3 cm³/mol. The topological polar surface area (TPSA) is 67.4 Å². The lowest BCUT2D eigenvalue weighted by Crippen LogP contribution is -2.38. The van der Waals surface area contributed by atoms with Crippen LogP contribution < -0.4 is 15.4 Å². The van der Waals surface area contributed by atoms with Gasteiger partial charge in [0.15, 0.2) is 6.61 Å². The largest absolute Gasteiger partial charge is 0.484 e. The molecule has 5 nitrogen and oxygen atoms in total. The molecule has 0 radical (unpaired) electrons. The van der Waals surface area contributed by atoms with Crippen LogP contribution in [0.5, 0.6) is 5.75 Å². The molecule has 0 aliphatic rings. The van der Waals surface area contributed by atoms with Gasteiger partial charge in [0.05, 0.1) is 0 Å². The number of rotatable bonds is 7. The molecule has 0 aromatic heterocycles. The second kappa shape index (κ2) is 8.29. The van der Waals surface area contributed by atoms with Crippen molar-refractivity contribution in [2.45, 2.75) is 27.7 Å². The first-order valence-electron chi connectivity index (χ1n) is 7.14. The molecule has 0 bridgehead atoms. The van der Waals surface area contributed by atoms with Gasteiger partial charge in [-0.3, -0.25) is 9.59 Å². The van der Waals surface area contributed by atoms with E-state index in [1.165, 1.54) is 5.56 Å². The first kappa shape index (κ1) is 17.0. The maximum atomic E-state index is 11.6. The van der Waals surface area contributed by atoms with Crippen LogP contribution in [0.1, 0.15) is 25.0 Å². The van der Waals surface area contributed by atoms with Crippen molar-refractivity contribution in [2.75, 3.05) is 19.7 Å². The van der Waals surface area contributed by atoms with Crippen molar-refractivity contribution in [2.24, 2.45) is 5.92 Å². The molecule has 0 aliphatic carbocycles. The highest BCUT2D eigenvalue weighted by Crippen LogP contribution is 2.16. The monoisotopic (exact) mass is 292 g/mol. The first-order chi connectivity index (χ1) is 9.90. The summed E-state index contributed by atoms with van der Waals surface area (Å²) in [4.78, 5) is 22.9. The molecule has 1 aromatic carbocycles. The summed E-state index contributed by atoms with van der Waals surface area (Å²) >= 11 is 0. The van der Waals surface area contributed by atoms with E-state index < -0.39 is 0 Å². The molecule has 21 heavy (non-hydrogen) atoms. The van der Waals surface area contributed by atoms with Gasteiger partial charge in [0.1, 0.15) is 5.75 Å². The molecule has 1 aromatic rings. The molecule has 5 heteroatoms. The van der Waals surface area contributed by atoms with Crippen LogP contribution >= 0.6 is 0 Å². The molecule has 0 heterocycles. The smallest absolute Gasteiger partial charge is 0.258 e. The van der Waals surface area contributed by atoms with E-state index in [4.69, 9.17) is 4.74 Å². The van der Waals surface area contributed by atoms with Crippen LogP contribution in [0.3, 0.4) is 0 Å². The highest BCUT2D eigenvalue weighted by atomic mass is 16.5. The summed E-state index contributed by atoms with van der Waals surface area (Å²) in [5, 5.41) is 5.43. The minimum Gasteiger partial charge on any atom is -0.484 e. The van der Waals surface area contributed by atoms with E-state index >= 15 is 0 Å². The lowest BCUT2D eigenvalue weighted by molar-refractivity contribution is -0.125. The third-order valence-electron chi connectivity index (χ3n) is 3.12. The third kappa shape index (κ3) is 6.29. The van der Waals surface area contributed by atoms with Crippen LogP contribution in [0, 0.1) is 19.8 Å². The Hall–Kier alpha value is -2.04. The van der Waals surface area contributed by atoms with Crippen molar-refractivity contribution in [1.82, 2.24) is 10.6 Å². The zero-order valence-electron chi connectivity index (χ0n) is 13.2. The maximum absolute atomic E-state index is 11.6. The second-order valence-electron chi connectivity index (χ2n) is 5.33. The Balaban J connectivity index is 2.22. The molecule has 0 atom stereocenters. The molecule has 116 valence electrons. The fourth-order valence-electron chi connectivity index (χ4n) is 1.60. The van der Waals surface area contributed by atoms with Crippen LogP contribution in [-0.4, -0.2) is 31.5 Å². The average molecular weight is 292 g/mol. The molecule has 0 unspecified atom stereocenters. The number of hydrogen-bond donors (Lipinski definition) is 2. The quantitative estimate of drug-likeness (QED) is 0.750. The van der Waals surface area contributed by atoms with Crippen LogP contribution in [0.2, 0.25) is 0 Å². The number of carbonyl (C=O) groups excluding carboxylic acids is 2. The summed E-state index contributed by atoms with van der Waals surface area (Å²) in [5.74, 6) is 0.415. The molecule has 2 N–H and O–H groups in total. The zero-order valence-corrected chi connectivity index (χ0v) is 13.2. The number of hydrogen-bond acceptors (Lipinski definition) is 3. The van der Waals surface area contributed by atoms with E-state index in [-0.39, 0.29) is 24.3 Å². The van der Waals surface area contributed by atoms with Crippen molar-refractivity contribution in [3.63, 3.8) is 0 Å². The van der Waals surface area contributed by atoms with Gasteiger partial charge in [-0.1, -0.05) is 19.9 Å². The van der Waals surface area contributed by atoms with Gasteiger partial charge in [-0.25, -0.2) is 0 Å². The van der Waals surface area contributed by atoms with Gasteiger partial charge < -0.3 is 15.4 Å². The van der Waals surface area contributed by atoms with Crippen molar-refractivity contribution < 1.29 is 14.3 Å². The molecule has 2 amide bonds. The predicted octanol–water partition coefficient (Wildman–Crippen LogP) is 1.57. The molecule has 0 saturated carbocycles. The second-order valence-corrected chi connectivity index (χ2v) is 5.33. The molecular weight excluding hydrogens is 268 g/mol. The maximum Gasteiger partial charge on any atom is 0.258 e. The van der Waals surface area contributed by atoms with Crippen molar-refractivity contribution in [1.29, 1.82) is 0 Å². The SMILES string of the molecule is Cc1ccc(OCC(=O)NCCNC(=O)C(C)C)cc1C. The summed E-state index contributed by atoms with van der Waals surface area (Å²) in [5.41, 5.74) is 2.32. The number of carbonyl (C=O) groups is 2. The van der Waals surface area contributed by atoms with Crippen molar-refractivity contribution in [3.8, 4) is 5.75 Å². The molecule has 0 saturated heterocycles. The molecule has 1 rings (SSSR count). The highest BCUT2D eigenvalue weighted by Gasteiger charge is 2.06. The Kier molecular flexibility index (Phi) is 6.72. The van der Waals surface area contributed by atoms with Gasteiger partial charge in [-0.05, 0) is 37.1 Å². The van der Waals surface area contributed by atoms with Gasteiger partial charge in [0.2, 0.25) is 5.91 Å². The average Bonchev–Trinajstić information content (AvgIpc) is 2.44. The molecular formula is C16H24N2O3. The normalized spacial score (nSPS) is 10.3. The van der Waals surface area contributed by atoms with E-state index in [1.807, 2.05) is 45.9 Å². The lowest BCUT2D eigenvalue weighted by atomic mass is 10.1. The summed E-state index contributed by atoms with van der Waals surface area (Å²) in [6.45, 7) is 8.47. The standard InChI is InChI=1S/C16H24N2O3/c1-11(2)16(20)18-8-7-17-15(19)10-21-14-6-5-12(3)13(4)9-14/h5-6,9,11H,7-8,10H2,1-4H3,(H,17,19)(H,18,20). The van der Waals surface area contributed by atoms with Gasteiger partial charge >= 0.3 is 0 Å². The van der Waals surface area contributed by atoms with E-state index in [2.05, 4.69) is 10.6 Å². The number of ether oxygens (including phenoxy) is 1. The van der Waals surface area contributed by atoms with Gasteiger partial charge in [-0.15, -0.1) is 0 Å². The molecule has 0 spiro atoms. The van der Waals surface area contributed by atoms with Gasteiger partial charge in [-0.2, -0.15) is 0 Å². The van der Waals surface area contributed by atoms with Crippen molar-refractivity contribution >= 4 is 11.8 Å². The van der Waals surface area contributed by atoms with Crippen LogP contribution in [-0.2, 0) is 9.59 Å². The Labute approximate surface area is 126 Å². The first-order valence-corrected chi connectivity index (χ1v) is 7.14. The van der Waals surface area contributed by atoms with E-state index in [9.17, 15) is 9.59 Å². The van der Waals surface area contributed by atoms with E-state index in [0.717, 1.165) is 5.56 Å². The van der Waals surface area contributed by atoms with E-state index in [1.54, 1.807) is 0 Å². The van der Waals surface area contributed by atoms with Crippen LogP contribution in [0.25, 0.3) is 0 Å². The van der Waals surface area contributed by atoms with Crippen molar-refractivity contribution in [3.05, 3.63) is 29.3 Å². The molecule has 0 fully saturated rings. The fraction of sp³-hybridized carbons (Fsp3) is 0.500. The fourth-order valence-corrected chi connectivity index (χ4v) is 1.60. The van der Waals surface area contributed by atoms with Crippen LogP contribution in [0.15, 0.2) is 18.2 Å². The minimum atomic E-state index is -0.202. The number of benzene rings is 1. The van der Waals surface area contributed by atoms with Crippen LogP contribution in [0.4, 0.5) is 0 Å². The lowest BCUT2D eigenvalue weighted by Gasteiger charge is -2.10. The number of amides is 2. The summed E-state index contributed by atoms with van der Waals surface area (Å²) in [6, 6.07) is 5.72. The Bertz CT molecular complexity index is 498. The molecule has 0 aliphatic heterocycles. The van der Waals surface area contributed by atoms with E-state index in [0.29, 0.717) is 18.8 Å². The Morgan fingerprint density at radius 2 is 1.76 bits per heavy atom. The summed E-state index contributed by atoms with van der Waals surface area (Å²) in [7, 11) is 0. The Morgan fingerprint density at radius 3 is 2.38 bits per heavy atom. The summed E-state index contributed by atoms with van der Waals surface area (Å²) in [6.07, 6.45) is 0. The van der Waals surface area contributed by atoms with Gasteiger partial charge in [0.25, 0.3) is 5.91 Å². The van der Waals surface area contributed by atoms with Gasteiger partial charge in [0, 0.05) is 19.0 Å².